The van der Waals surface area contributed by atoms with Gasteiger partial charge < -0.3 is 0 Å². The third-order valence-corrected chi connectivity index (χ3v) is 1.81. The van der Waals surface area contributed by atoms with Crippen LogP contribution in [0.15, 0.2) is 6.20 Å². The summed E-state index contributed by atoms with van der Waals surface area (Å²) in [5.41, 5.74) is 3.24. The molecule has 0 saturated carbocycles. The molecule has 2 rings (SSSR count). The van der Waals surface area contributed by atoms with Crippen LogP contribution in [-0.2, 0) is 0 Å². The first-order valence-corrected chi connectivity index (χ1v) is 4.11. The zero-order valence-corrected chi connectivity index (χ0v) is 7.87. The van der Waals surface area contributed by atoms with E-state index >= 15 is 0 Å². The standard InChI is InChI=1S/C9H10N4/c1-5-4-10-8-6(2)12-7(3)13-9(8)11-5/h4H,1-3H3. The molecule has 66 valence electrons. The molecule has 0 aliphatic rings. The van der Waals surface area contributed by atoms with Gasteiger partial charge in [-0.15, -0.1) is 0 Å². The zero-order valence-electron chi connectivity index (χ0n) is 7.87. The molecule has 13 heavy (non-hydrogen) atoms. The average molecular weight is 174 g/mol. The van der Waals surface area contributed by atoms with Crippen LogP contribution in [0.3, 0.4) is 0 Å². The minimum Gasteiger partial charge on any atom is -0.249 e. The fourth-order valence-electron chi connectivity index (χ4n) is 1.27. The van der Waals surface area contributed by atoms with E-state index in [9.17, 15) is 0 Å². The van der Waals surface area contributed by atoms with Crippen LogP contribution in [0.2, 0.25) is 0 Å². The molecule has 4 heteroatoms. The normalized spacial score (nSPS) is 10.7. The summed E-state index contributed by atoms with van der Waals surface area (Å²) < 4.78 is 0. The van der Waals surface area contributed by atoms with E-state index in [4.69, 9.17) is 0 Å². The molecule has 4 nitrogen and oxygen atoms in total. The van der Waals surface area contributed by atoms with Gasteiger partial charge in [-0.25, -0.2) is 19.9 Å². The molecular formula is C9H10N4. The van der Waals surface area contributed by atoms with Crippen LogP contribution in [-0.4, -0.2) is 19.9 Å². The maximum Gasteiger partial charge on any atom is 0.182 e. The summed E-state index contributed by atoms with van der Waals surface area (Å²) >= 11 is 0. The minimum absolute atomic E-state index is 0.685. The number of hydrogen-bond acceptors (Lipinski definition) is 4. The van der Waals surface area contributed by atoms with Gasteiger partial charge >= 0.3 is 0 Å². The summed E-state index contributed by atoms with van der Waals surface area (Å²) in [6, 6.07) is 0. The van der Waals surface area contributed by atoms with Crippen molar-refractivity contribution in [2.24, 2.45) is 0 Å². The van der Waals surface area contributed by atoms with Crippen molar-refractivity contribution >= 4 is 11.2 Å². The lowest BCUT2D eigenvalue weighted by atomic mass is 10.3. The van der Waals surface area contributed by atoms with Crippen LogP contribution in [0.25, 0.3) is 11.2 Å². The van der Waals surface area contributed by atoms with Gasteiger partial charge in [-0.2, -0.15) is 0 Å². The van der Waals surface area contributed by atoms with Gasteiger partial charge in [0.05, 0.1) is 11.4 Å². The highest BCUT2D eigenvalue weighted by molar-refractivity contribution is 5.71. The summed E-state index contributed by atoms with van der Waals surface area (Å²) in [6.45, 7) is 5.68. The van der Waals surface area contributed by atoms with Gasteiger partial charge in [0.15, 0.2) is 5.65 Å². The number of nitrogens with zero attached hydrogens (tertiary/aromatic N) is 4. The summed E-state index contributed by atoms with van der Waals surface area (Å²) in [6.07, 6.45) is 1.73. The van der Waals surface area contributed by atoms with Gasteiger partial charge in [-0.05, 0) is 20.8 Å². The third-order valence-electron chi connectivity index (χ3n) is 1.81. The van der Waals surface area contributed by atoms with Gasteiger partial charge in [-0.3, -0.25) is 0 Å². The van der Waals surface area contributed by atoms with Crippen LogP contribution >= 0.6 is 0 Å². The second-order valence-corrected chi connectivity index (χ2v) is 3.04. The fraction of sp³-hybridized carbons (Fsp3) is 0.333. The molecule has 0 aliphatic carbocycles. The monoisotopic (exact) mass is 174 g/mol. The van der Waals surface area contributed by atoms with E-state index in [-0.39, 0.29) is 0 Å². The second-order valence-electron chi connectivity index (χ2n) is 3.04. The zero-order chi connectivity index (χ0) is 9.42. The smallest absolute Gasteiger partial charge is 0.182 e. The Morgan fingerprint density at radius 2 is 1.77 bits per heavy atom. The topological polar surface area (TPSA) is 51.6 Å². The van der Waals surface area contributed by atoms with Gasteiger partial charge in [0.1, 0.15) is 11.3 Å². The highest BCUT2D eigenvalue weighted by Crippen LogP contribution is 2.09. The van der Waals surface area contributed by atoms with Gasteiger partial charge in [-0.1, -0.05) is 0 Å². The highest BCUT2D eigenvalue weighted by atomic mass is 15.0. The van der Waals surface area contributed by atoms with E-state index in [0.717, 1.165) is 22.7 Å². The van der Waals surface area contributed by atoms with Crippen LogP contribution in [0.5, 0.6) is 0 Å². The molecular weight excluding hydrogens is 164 g/mol. The Morgan fingerprint density at radius 3 is 2.54 bits per heavy atom. The van der Waals surface area contributed by atoms with Crippen molar-refractivity contribution in [2.45, 2.75) is 20.8 Å². The predicted molar refractivity (Wildman–Crippen MR) is 49.3 cm³/mol. The summed E-state index contributed by atoms with van der Waals surface area (Å²) in [5, 5.41) is 0. The SMILES string of the molecule is Cc1cnc2c(C)nc(C)nc2n1. The van der Waals surface area contributed by atoms with Gasteiger partial charge in [0, 0.05) is 6.20 Å². The minimum atomic E-state index is 0.685. The van der Waals surface area contributed by atoms with Crippen molar-refractivity contribution < 1.29 is 0 Å². The van der Waals surface area contributed by atoms with Crippen LogP contribution in [0.1, 0.15) is 17.2 Å². The first kappa shape index (κ1) is 8.04. The Balaban J connectivity index is 2.86. The van der Waals surface area contributed by atoms with Crippen molar-refractivity contribution in [3.63, 3.8) is 0 Å². The van der Waals surface area contributed by atoms with E-state index in [0.29, 0.717) is 5.65 Å². The molecule has 2 aromatic heterocycles. The average Bonchev–Trinajstić information content (AvgIpc) is 2.02. The van der Waals surface area contributed by atoms with Crippen molar-refractivity contribution in [2.75, 3.05) is 0 Å². The molecule has 0 spiro atoms. The largest absolute Gasteiger partial charge is 0.249 e. The number of rotatable bonds is 0. The lowest BCUT2D eigenvalue weighted by Crippen LogP contribution is -1.98. The first-order valence-electron chi connectivity index (χ1n) is 4.11. The molecule has 0 fully saturated rings. The van der Waals surface area contributed by atoms with Crippen LogP contribution in [0, 0.1) is 20.8 Å². The third kappa shape index (κ3) is 1.35. The van der Waals surface area contributed by atoms with E-state index in [1.807, 2.05) is 20.8 Å². The summed E-state index contributed by atoms with van der Waals surface area (Å²) in [7, 11) is 0. The van der Waals surface area contributed by atoms with E-state index in [1.165, 1.54) is 0 Å². The lowest BCUT2D eigenvalue weighted by Gasteiger charge is -2.00. The van der Waals surface area contributed by atoms with Crippen LogP contribution < -0.4 is 0 Å². The molecule has 0 bridgehead atoms. The number of fused-ring (bicyclic) bond motifs is 1. The maximum absolute atomic E-state index is 4.28. The highest BCUT2D eigenvalue weighted by Gasteiger charge is 2.03. The number of hydrogen-bond donors (Lipinski definition) is 0. The molecule has 2 aromatic rings. The molecule has 0 amide bonds. The maximum atomic E-state index is 4.28. The lowest BCUT2D eigenvalue weighted by molar-refractivity contribution is 1.01. The Bertz CT molecular complexity index is 459. The Labute approximate surface area is 76.1 Å². The number of aromatic nitrogens is 4. The van der Waals surface area contributed by atoms with Crippen LogP contribution in [0.4, 0.5) is 0 Å². The molecule has 0 saturated heterocycles. The molecule has 0 aromatic carbocycles. The van der Waals surface area contributed by atoms with Gasteiger partial charge in [0.2, 0.25) is 0 Å². The Hall–Kier alpha value is -1.58. The Morgan fingerprint density at radius 1 is 1.00 bits per heavy atom. The molecule has 2 heterocycles. The van der Waals surface area contributed by atoms with Crippen molar-refractivity contribution in [1.29, 1.82) is 0 Å². The molecule has 0 radical (unpaired) electrons. The molecule has 0 aliphatic heterocycles. The quantitative estimate of drug-likeness (QED) is 0.604. The van der Waals surface area contributed by atoms with Gasteiger partial charge in [0.25, 0.3) is 0 Å². The summed E-state index contributed by atoms with van der Waals surface area (Å²) in [5.74, 6) is 0.741. The van der Waals surface area contributed by atoms with E-state index in [1.54, 1.807) is 6.20 Å². The fourth-order valence-corrected chi connectivity index (χ4v) is 1.27. The Kier molecular flexibility index (Phi) is 1.69. The van der Waals surface area contributed by atoms with Crippen molar-refractivity contribution in [3.8, 4) is 0 Å². The first-order chi connectivity index (χ1) is 6.16. The molecule has 0 N–H and O–H groups in total. The predicted octanol–water partition coefficient (Wildman–Crippen LogP) is 1.35. The second kappa shape index (κ2) is 2.73. The molecule has 0 unspecified atom stereocenters. The summed E-state index contributed by atoms with van der Waals surface area (Å²) in [4.78, 5) is 16.9. The number of aryl methyl sites for hydroxylation is 3. The van der Waals surface area contributed by atoms with E-state index in [2.05, 4.69) is 19.9 Å². The van der Waals surface area contributed by atoms with E-state index < -0.39 is 0 Å². The van der Waals surface area contributed by atoms with Crippen molar-refractivity contribution in [1.82, 2.24) is 19.9 Å². The molecule has 0 atom stereocenters. The van der Waals surface area contributed by atoms with Crippen molar-refractivity contribution in [3.05, 3.63) is 23.4 Å².